The monoisotopic (exact) mass is 337 g/mol. The molecule has 0 fully saturated rings. The largest absolute Gasteiger partial charge is 0.367 e. The average Bonchev–Trinajstić information content (AvgIpc) is 3.21. The van der Waals surface area contributed by atoms with E-state index in [0.29, 0.717) is 4.90 Å². The molecule has 0 spiro atoms. The number of fused-ring (bicyclic) bond motifs is 1. The molecule has 0 radical (unpaired) electrons. The quantitative estimate of drug-likeness (QED) is 0.623. The average molecular weight is 337 g/mol. The maximum absolute atomic E-state index is 11.7. The second kappa shape index (κ2) is 5.35. The van der Waals surface area contributed by atoms with E-state index < -0.39 is 9.84 Å². The predicted octanol–water partition coefficient (Wildman–Crippen LogP) is 3.40. The van der Waals surface area contributed by atoms with Crippen LogP contribution in [0.4, 0.5) is 0 Å². The molecule has 1 aromatic carbocycles. The summed E-state index contributed by atoms with van der Waals surface area (Å²) < 4.78 is 25.2. The second-order valence-electron chi connectivity index (χ2n) is 5.65. The van der Waals surface area contributed by atoms with Gasteiger partial charge >= 0.3 is 0 Å². The van der Waals surface area contributed by atoms with Crippen molar-refractivity contribution in [3.8, 4) is 22.4 Å². The van der Waals surface area contributed by atoms with Crippen molar-refractivity contribution in [1.29, 1.82) is 0 Å². The third-order valence-electron chi connectivity index (χ3n) is 3.98. The first-order chi connectivity index (χ1) is 11.5. The summed E-state index contributed by atoms with van der Waals surface area (Å²) in [5.74, 6) is 0. The van der Waals surface area contributed by atoms with Crippen LogP contribution in [-0.4, -0.2) is 29.3 Å². The number of nitrogens with zero attached hydrogens (tertiary/aromatic N) is 2. The van der Waals surface area contributed by atoms with E-state index in [9.17, 15) is 8.42 Å². The van der Waals surface area contributed by atoms with Crippen molar-refractivity contribution in [2.75, 3.05) is 6.26 Å². The molecular formula is C18H15N3O2S. The standard InChI is InChI=1S/C18H15N3O2S/c1-24(22,23)15-7-5-13(6-8-15)17-16-4-2-3-11-21(16)20-18(17)14-9-10-19-12-14/h2-12,19H,1H3. The number of benzene rings is 1. The third kappa shape index (κ3) is 2.41. The summed E-state index contributed by atoms with van der Waals surface area (Å²) in [5, 5.41) is 4.68. The molecule has 1 N–H and O–H groups in total. The SMILES string of the molecule is CS(=O)(=O)c1ccc(-c2c(-c3cc[nH]c3)nn3ccccc23)cc1. The van der Waals surface area contributed by atoms with Crippen LogP contribution in [0.1, 0.15) is 0 Å². The molecule has 24 heavy (non-hydrogen) atoms. The highest BCUT2D eigenvalue weighted by Gasteiger charge is 2.17. The van der Waals surface area contributed by atoms with Crippen molar-refractivity contribution in [2.24, 2.45) is 0 Å². The Bertz CT molecular complexity index is 1110. The zero-order valence-corrected chi connectivity index (χ0v) is 13.8. The Hall–Kier alpha value is -2.86. The number of H-pyrrole nitrogens is 1. The van der Waals surface area contributed by atoms with E-state index in [1.165, 1.54) is 6.26 Å². The van der Waals surface area contributed by atoms with Crippen molar-refractivity contribution >= 4 is 15.4 Å². The highest BCUT2D eigenvalue weighted by molar-refractivity contribution is 7.90. The van der Waals surface area contributed by atoms with Crippen LogP contribution in [0.5, 0.6) is 0 Å². The highest BCUT2D eigenvalue weighted by Crippen LogP contribution is 2.35. The maximum Gasteiger partial charge on any atom is 0.175 e. The first-order valence-electron chi connectivity index (χ1n) is 7.45. The first kappa shape index (κ1) is 14.7. The van der Waals surface area contributed by atoms with Crippen LogP contribution >= 0.6 is 0 Å². The summed E-state index contributed by atoms with van der Waals surface area (Å²) in [4.78, 5) is 3.36. The van der Waals surface area contributed by atoms with Gasteiger partial charge in [-0.05, 0) is 35.9 Å². The Kier molecular flexibility index (Phi) is 3.28. The molecule has 3 aromatic heterocycles. The van der Waals surface area contributed by atoms with Crippen molar-refractivity contribution in [3.63, 3.8) is 0 Å². The number of nitrogens with one attached hydrogen (secondary N) is 1. The lowest BCUT2D eigenvalue weighted by molar-refractivity contribution is 0.602. The van der Waals surface area contributed by atoms with Crippen LogP contribution in [0.25, 0.3) is 27.9 Å². The minimum Gasteiger partial charge on any atom is -0.367 e. The fraction of sp³-hybridized carbons (Fsp3) is 0.0556. The van der Waals surface area contributed by atoms with E-state index in [4.69, 9.17) is 0 Å². The van der Waals surface area contributed by atoms with Gasteiger partial charge in [0.15, 0.2) is 9.84 Å². The minimum absolute atomic E-state index is 0.311. The van der Waals surface area contributed by atoms with Gasteiger partial charge in [0.2, 0.25) is 0 Å². The van der Waals surface area contributed by atoms with Gasteiger partial charge in [-0.3, -0.25) is 0 Å². The molecule has 0 atom stereocenters. The Morgan fingerprint density at radius 3 is 2.46 bits per heavy atom. The van der Waals surface area contributed by atoms with Crippen LogP contribution in [0, 0.1) is 0 Å². The summed E-state index contributed by atoms with van der Waals surface area (Å²) in [6, 6.07) is 14.8. The maximum atomic E-state index is 11.7. The van der Waals surface area contributed by atoms with Gasteiger partial charge in [-0.15, -0.1) is 0 Å². The lowest BCUT2D eigenvalue weighted by atomic mass is 10.0. The van der Waals surface area contributed by atoms with Gasteiger partial charge in [0, 0.05) is 36.0 Å². The zero-order valence-electron chi connectivity index (χ0n) is 13.0. The number of sulfone groups is 1. The van der Waals surface area contributed by atoms with E-state index in [2.05, 4.69) is 10.1 Å². The molecule has 0 saturated carbocycles. The molecular weight excluding hydrogens is 322 g/mol. The molecule has 4 aromatic rings. The molecule has 0 bridgehead atoms. The van der Waals surface area contributed by atoms with E-state index in [-0.39, 0.29) is 0 Å². The summed E-state index contributed by atoms with van der Waals surface area (Å²) >= 11 is 0. The minimum atomic E-state index is -3.21. The fourth-order valence-corrected chi connectivity index (χ4v) is 3.46. The molecule has 0 aliphatic rings. The smallest absolute Gasteiger partial charge is 0.175 e. The molecule has 0 amide bonds. The third-order valence-corrected chi connectivity index (χ3v) is 5.11. The van der Waals surface area contributed by atoms with Gasteiger partial charge in [0.1, 0.15) is 5.69 Å². The van der Waals surface area contributed by atoms with Gasteiger partial charge in [-0.2, -0.15) is 5.10 Å². The van der Waals surface area contributed by atoms with E-state index in [0.717, 1.165) is 27.9 Å². The molecule has 6 heteroatoms. The van der Waals surface area contributed by atoms with Crippen LogP contribution in [-0.2, 0) is 9.84 Å². The number of hydrogen-bond acceptors (Lipinski definition) is 3. The molecule has 0 aliphatic heterocycles. The van der Waals surface area contributed by atoms with Crippen molar-refractivity contribution in [2.45, 2.75) is 4.90 Å². The van der Waals surface area contributed by atoms with Crippen LogP contribution in [0.15, 0.2) is 72.0 Å². The summed E-state index contributed by atoms with van der Waals surface area (Å²) in [7, 11) is -3.21. The van der Waals surface area contributed by atoms with Gasteiger partial charge in [-0.25, -0.2) is 12.9 Å². The molecule has 120 valence electrons. The van der Waals surface area contributed by atoms with Crippen LogP contribution < -0.4 is 0 Å². The predicted molar refractivity (Wildman–Crippen MR) is 93.5 cm³/mol. The number of hydrogen-bond donors (Lipinski definition) is 1. The lowest BCUT2D eigenvalue weighted by Crippen LogP contribution is -1.96. The first-order valence-corrected chi connectivity index (χ1v) is 9.34. The number of aromatic nitrogens is 3. The molecule has 0 aliphatic carbocycles. The lowest BCUT2D eigenvalue weighted by Gasteiger charge is -2.04. The molecule has 5 nitrogen and oxygen atoms in total. The van der Waals surface area contributed by atoms with Gasteiger partial charge in [0.25, 0.3) is 0 Å². The van der Waals surface area contributed by atoms with Crippen LogP contribution in [0.2, 0.25) is 0 Å². The molecule has 4 rings (SSSR count). The molecule has 0 unspecified atom stereocenters. The normalized spacial score (nSPS) is 11.9. The van der Waals surface area contributed by atoms with E-state index >= 15 is 0 Å². The van der Waals surface area contributed by atoms with Gasteiger partial charge < -0.3 is 4.98 Å². The Morgan fingerprint density at radius 2 is 1.79 bits per heavy atom. The Labute approximate surface area is 139 Å². The highest BCUT2D eigenvalue weighted by atomic mass is 32.2. The second-order valence-corrected chi connectivity index (χ2v) is 7.67. The summed E-state index contributed by atoms with van der Waals surface area (Å²) in [6.45, 7) is 0. The zero-order chi connectivity index (χ0) is 16.7. The topological polar surface area (TPSA) is 67.2 Å². The Morgan fingerprint density at radius 1 is 1.00 bits per heavy atom. The summed E-state index contributed by atoms with van der Waals surface area (Å²) in [6.07, 6.45) is 6.87. The molecule has 3 heterocycles. The van der Waals surface area contributed by atoms with E-state index in [1.54, 1.807) is 12.1 Å². The number of pyridine rings is 1. The molecule has 0 saturated heterocycles. The van der Waals surface area contributed by atoms with Crippen molar-refractivity contribution in [3.05, 3.63) is 67.1 Å². The van der Waals surface area contributed by atoms with Crippen molar-refractivity contribution < 1.29 is 8.42 Å². The Balaban J connectivity index is 1.97. The summed E-state index contributed by atoms with van der Waals surface area (Å²) in [5.41, 5.74) is 4.73. The number of aromatic amines is 1. The van der Waals surface area contributed by atoms with Gasteiger partial charge in [0.05, 0.1) is 10.4 Å². The van der Waals surface area contributed by atoms with E-state index in [1.807, 2.05) is 59.5 Å². The van der Waals surface area contributed by atoms with Crippen LogP contribution in [0.3, 0.4) is 0 Å². The fourth-order valence-electron chi connectivity index (χ4n) is 2.83. The van der Waals surface area contributed by atoms with Crippen molar-refractivity contribution in [1.82, 2.24) is 14.6 Å². The van der Waals surface area contributed by atoms with Gasteiger partial charge in [-0.1, -0.05) is 18.2 Å². The number of rotatable bonds is 3.